The van der Waals surface area contributed by atoms with Gasteiger partial charge in [0.05, 0.1) is 18.2 Å². The molecule has 0 radical (unpaired) electrons. The van der Waals surface area contributed by atoms with Crippen LogP contribution in [0.5, 0.6) is 5.75 Å². The second kappa shape index (κ2) is 14.1. The number of rotatable bonds is 7. The predicted octanol–water partition coefficient (Wildman–Crippen LogP) is 7.46. The van der Waals surface area contributed by atoms with Crippen molar-refractivity contribution in [3.05, 3.63) is 70.7 Å². The molecule has 2 aliphatic rings. The number of benzene rings is 1. The molecule has 198 valence electrons. The van der Waals surface area contributed by atoms with E-state index in [4.69, 9.17) is 14.7 Å². The summed E-state index contributed by atoms with van der Waals surface area (Å²) in [5.74, 6) is 0.874. The van der Waals surface area contributed by atoms with Crippen molar-refractivity contribution in [2.45, 2.75) is 96.3 Å². The summed E-state index contributed by atoms with van der Waals surface area (Å²) >= 11 is 0. The number of esters is 1. The number of fused-ring (bicyclic) bond motifs is 1. The van der Waals surface area contributed by atoms with Gasteiger partial charge >= 0.3 is 5.97 Å². The minimum absolute atomic E-state index is 0.00799. The maximum atomic E-state index is 12.3. The number of phenols is 1. The van der Waals surface area contributed by atoms with Crippen molar-refractivity contribution in [3.8, 4) is 5.75 Å². The zero-order valence-corrected chi connectivity index (χ0v) is 22.3. The molecule has 5 nitrogen and oxygen atoms in total. The minimum atomic E-state index is -0.00799. The van der Waals surface area contributed by atoms with E-state index in [-0.39, 0.29) is 11.9 Å². The van der Waals surface area contributed by atoms with Crippen LogP contribution in [0.2, 0.25) is 0 Å². The molecule has 0 bridgehead atoms. The molecular formula is C32H42N2O3. The summed E-state index contributed by atoms with van der Waals surface area (Å²) in [5, 5.41) is 10.1. The number of aromatic nitrogens is 1. The van der Waals surface area contributed by atoms with Gasteiger partial charge in [-0.1, -0.05) is 50.0 Å². The van der Waals surface area contributed by atoms with Crippen LogP contribution in [-0.4, -0.2) is 28.9 Å². The molecule has 37 heavy (non-hydrogen) atoms. The highest BCUT2D eigenvalue weighted by atomic mass is 16.5. The first-order valence-corrected chi connectivity index (χ1v) is 14.3. The average molecular weight is 503 g/mol. The topological polar surface area (TPSA) is 71.8 Å². The number of nitrogens with zero attached hydrogens (tertiary/aromatic N) is 2. The number of aromatic hydroxyl groups is 1. The number of phenolic OH excluding ortho intramolecular Hbond substituents is 1. The fourth-order valence-electron chi connectivity index (χ4n) is 5.79. The molecule has 1 fully saturated rings. The first-order chi connectivity index (χ1) is 18.2. The van der Waals surface area contributed by atoms with Crippen molar-refractivity contribution in [1.82, 2.24) is 4.98 Å². The Bertz CT molecular complexity index is 1080. The van der Waals surface area contributed by atoms with Gasteiger partial charge in [-0.2, -0.15) is 0 Å². The summed E-state index contributed by atoms with van der Waals surface area (Å²) in [6.07, 6.45) is 19.5. The molecule has 1 aliphatic heterocycles. The number of para-hydroxylation sites is 1. The summed E-state index contributed by atoms with van der Waals surface area (Å²) in [5.41, 5.74) is 5.91. The molecule has 1 aliphatic carbocycles. The van der Waals surface area contributed by atoms with Gasteiger partial charge in [-0.15, -0.1) is 0 Å². The predicted molar refractivity (Wildman–Crippen MR) is 149 cm³/mol. The van der Waals surface area contributed by atoms with E-state index >= 15 is 0 Å². The first-order valence-electron chi connectivity index (χ1n) is 14.3. The van der Waals surface area contributed by atoms with Crippen molar-refractivity contribution in [2.24, 2.45) is 10.9 Å². The van der Waals surface area contributed by atoms with Crippen molar-refractivity contribution in [2.75, 3.05) is 6.61 Å². The molecule has 2 aromatic rings. The Labute approximate surface area is 222 Å². The largest absolute Gasteiger partial charge is 0.508 e. The van der Waals surface area contributed by atoms with Gasteiger partial charge in [0.25, 0.3) is 0 Å². The molecule has 1 saturated carbocycles. The lowest BCUT2D eigenvalue weighted by molar-refractivity contribution is -0.148. The van der Waals surface area contributed by atoms with Gasteiger partial charge in [-0.3, -0.25) is 14.8 Å². The van der Waals surface area contributed by atoms with Crippen LogP contribution in [0.1, 0.15) is 106 Å². The molecule has 2 heterocycles. The van der Waals surface area contributed by atoms with E-state index in [0.29, 0.717) is 18.3 Å². The lowest BCUT2D eigenvalue weighted by Gasteiger charge is -2.23. The van der Waals surface area contributed by atoms with Crippen LogP contribution in [0.4, 0.5) is 0 Å². The van der Waals surface area contributed by atoms with E-state index in [0.717, 1.165) is 94.7 Å². The van der Waals surface area contributed by atoms with E-state index in [1.54, 1.807) is 6.07 Å². The van der Waals surface area contributed by atoms with Gasteiger partial charge in [-0.05, 0) is 88.0 Å². The lowest BCUT2D eigenvalue weighted by Crippen LogP contribution is -2.19. The maximum absolute atomic E-state index is 12.3. The number of carbonyl (C=O) groups is 1. The molecule has 1 aromatic carbocycles. The number of ether oxygens (including phenoxy) is 1. The van der Waals surface area contributed by atoms with Gasteiger partial charge in [0, 0.05) is 29.6 Å². The third-order valence-corrected chi connectivity index (χ3v) is 7.85. The molecule has 4 rings (SSSR count). The molecule has 5 heteroatoms. The normalized spacial score (nSPS) is 22.1. The molecule has 0 atom stereocenters. The van der Waals surface area contributed by atoms with E-state index in [9.17, 15) is 9.90 Å². The number of carbonyl (C=O) groups excluding carboxylic acids is 1. The molecular weight excluding hydrogens is 460 g/mol. The Hall–Kier alpha value is -2.95. The quantitative estimate of drug-likeness (QED) is 0.399. The van der Waals surface area contributed by atoms with Gasteiger partial charge < -0.3 is 9.84 Å². The third-order valence-electron chi connectivity index (χ3n) is 7.85. The fraction of sp³-hybridized carbons (Fsp3) is 0.531. The Morgan fingerprint density at radius 1 is 1.03 bits per heavy atom. The number of pyridine rings is 1. The second-order valence-electron chi connectivity index (χ2n) is 10.5. The summed E-state index contributed by atoms with van der Waals surface area (Å²) in [7, 11) is 0. The van der Waals surface area contributed by atoms with Crippen molar-refractivity contribution in [3.63, 3.8) is 0 Å². The molecule has 0 spiro atoms. The number of aryl methyl sites for hydroxylation is 2. The third kappa shape index (κ3) is 7.77. The summed E-state index contributed by atoms with van der Waals surface area (Å²) in [4.78, 5) is 22.1. The van der Waals surface area contributed by atoms with Crippen molar-refractivity contribution >= 4 is 12.2 Å². The number of allylic oxidation sites excluding steroid dienone is 2. The van der Waals surface area contributed by atoms with Crippen LogP contribution in [0.3, 0.4) is 0 Å². The zero-order valence-electron chi connectivity index (χ0n) is 22.3. The number of aliphatic imine (C=N–C) groups is 1. The molecule has 0 saturated heterocycles. The summed E-state index contributed by atoms with van der Waals surface area (Å²) in [6, 6.07) is 9.75. The van der Waals surface area contributed by atoms with Crippen LogP contribution in [0, 0.1) is 5.92 Å². The van der Waals surface area contributed by atoms with Gasteiger partial charge in [0.2, 0.25) is 0 Å². The van der Waals surface area contributed by atoms with E-state index in [1.165, 1.54) is 16.8 Å². The summed E-state index contributed by atoms with van der Waals surface area (Å²) in [6.45, 7) is 2.36. The van der Waals surface area contributed by atoms with Crippen molar-refractivity contribution < 1.29 is 14.6 Å². The highest BCUT2D eigenvalue weighted by molar-refractivity contribution is 5.84. The van der Waals surface area contributed by atoms with Crippen LogP contribution < -0.4 is 0 Å². The Morgan fingerprint density at radius 3 is 2.54 bits per heavy atom. The lowest BCUT2D eigenvalue weighted by atomic mass is 9.84. The SMILES string of the molecule is CCOC(=O)C1CCCCC(c2nccc3c2C=N/C(CCCc2ccccc2O)=C\CC3)CCCC1. The van der Waals surface area contributed by atoms with Crippen LogP contribution in [-0.2, 0) is 22.4 Å². The molecule has 0 amide bonds. The fourth-order valence-corrected chi connectivity index (χ4v) is 5.79. The van der Waals surface area contributed by atoms with Crippen molar-refractivity contribution in [1.29, 1.82) is 0 Å². The maximum Gasteiger partial charge on any atom is 0.308 e. The Balaban J connectivity index is 1.40. The van der Waals surface area contributed by atoms with Crippen LogP contribution in [0.25, 0.3) is 0 Å². The van der Waals surface area contributed by atoms with E-state index in [2.05, 4.69) is 18.4 Å². The van der Waals surface area contributed by atoms with Crippen LogP contribution in [0.15, 0.2) is 53.3 Å². The average Bonchev–Trinajstić information content (AvgIpc) is 2.89. The minimum Gasteiger partial charge on any atom is -0.508 e. The first kappa shape index (κ1) is 27.1. The smallest absolute Gasteiger partial charge is 0.308 e. The molecule has 1 N–H and O–H groups in total. The zero-order chi connectivity index (χ0) is 25.9. The van der Waals surface area contributed by atoms with Gasteiger partial charge in [0.15, 0.2) is 0 Å². The number of hydrogen-bond donors (Lipinski definition) is 1. The molecule has 0 unspecified atom stereocenters. The Kier molecular flexibility index (Phi) is 10.3. The van der Waals surface area contributed by atoms with Gasteiger partial charge in [-0.25, -0.2) is 0 Å². The van der Waals surface area contributed by atoms with E-state index < -0.39 is 0 Å². The second-order valence-corrected chi connectivity index (χ2v) is 10.5. The standard InChI is InChI=1S/C32H42N2O3/c1-2-37-32(36)27-14-5-3-12-26(13-4-6-15-27)31-29-23-34-28(18-9-16-24(29)21-22-33-31)19-10-17-25-11-7-8-20-30(25)35/h7-8,11,18,20-23,26-27,35H,2-6,9-10,12-17,19H2,1H3/b28-18-,34-23?. The highest BCUT2D eigenvalue weighted by Gasteiger charge is 2.23. The van der Waals surface area contributed by atoms with Crippen LogP contribution >= 0.6 is 0 Å². The Morgan fingerprint density at radius 2 is 1.78 bits per heavy atom. The van der Waals surface area contributed by atoms with E-state index in [1.807, 2.05) is 31.3 Å². The monoisotopic (exact) mass is 502 g/mol. The van der Waals surface area contributed by atoms with Gasteiger partial charge in [0.1, 0.15) is 5.75 Å². The summed E-state index contributed by atoms with van der Waals surface area (Å²) < 4.78 is 5.31. The molecule has 1 aromatic heterocycles. The number of hydrogen-bond acceptors (Lipinski definition) is 5. The highest BCUT2D eigenvalue weighted by Crippen LogP contribution is 2.33.